The summed E-state index contributed by atoms with van der Waals surface area (Å²) in [5.74, 6) is -1.50. The molecular weight excluding hydrogens is 607 g/mol. The van der Waals surface area contributed by atoms with Gasteiger partial charge in [-0.2, -0.15) is 0 Å². The van der Waals surface area contributed by atoms with Gasteiger partial charge in [-0.1, -0.05) is 26.0 Å². The number of aliphatic hydroxyl groups is 1. The smallest absolute Gasteiger partial charge is 0.410 e. The fraction of sp³-hybridized carbons (Fsp3) is 0.629. The highest BCUT2D eigenvalue weighted by Crippen LogP contribution is 2.28. The van der Waals surface area contributed by atoms with E-state index >= 15 is 0 Å². The van der Waals surface area contributed by atoms with Gasteiger partial charge in [-0.05, 0) is 74.6 Å². The van der Waals surface area contributed by atoms with Crippen molar-refractivity contribution >= 4 is 29.7 Å². The number of ether oxygens (including phenoxy) is 3. The van der Waals surface area contributed by atoms with Crippen LogP contribution in [0.3, 0.4) is 0 Å². The molecule has 3 heterocycles. The number of nitrogens with zero attached hydrogens (tertiary/aromatic N) is 3. The number of halogens is 1. The molecule has 4 rings (SSSR count). The molecule has 3 aliphatic rings. The number of piperazine rings is 1. The van der Waals surface area contributed by atoms with E-state index in [1.165, 1.54) is 19.2 Å². The van der Waals surface area contributed by atoms with Crippen LogP contribution >= 0.6 is 0 Å². The lowest BCUT2D eigenvalue weighted by Gasteiger charge is -2.33. The largest absolute Gasteiger partial charge is 0.457 e. The fourth-order valence-corrected chi connectivity index (χ4v) is 6.35. The maximum Gasteiger partial charge on any atom is 0.410 e. The SMILES string of the molecule is COCC(=O)N[C@H]1CCN(c2cc(F)cc(/C=C(\C)[C@H]3OC(=O)C[C@@H](O)CC[C@@H](C)[C@H](OC(=O)N4CCN(C)CC4)/C=C/[C@@H]3C)c2)C1. The Morgan fingerprint density at radius 2 is 1.83 bits per heavy atom. The second kappa shape index (κ2) is 17.1. The topological polar surface area (TPSA) is 121 Å². The van der Waals surface area contributed by atoms with Crippen molar-refractivity contribution in [2.75, 3.05) is 64.9 Å². The molecule has 0 saturated carbocycles. The molecule has 2 saturated heterocycles. The van der Waals surface area contributed by atoms with Gasteiger partial charge in [-0.3, -0.25) is 9.59 Å². The molecule has 2 fully saturated rings. The first-order chi connectivity index (χ1) is 22.4. The molecule has 260 valence electrons. The summed E-state index contributed by atoms with van der Waals surface area (Å²) in [6.07, 6.45) is 4.61. The number of nitrogens with one attached hydrogen (secondary N) is 1. The number of amides is 2. The maximum atomic E-state index is 14.9. The molecule has 6 atom stereocenters. The number of esters is 1. The Balaban J connectivity index is 1.52. The summed E-state index contributed by atoms with van der Waals surface area (Å²) < 4.78 is 31.7. The van der Waals surface area contributed by atoms with Crippen molar-refractivity contribution in [2.24, 2.45) is 11.8 Å². The van der Waals surface area contributed by atoms with Crippen LogP contribution in [0, 0.1) is 17.7 Å². The number of hydrogen-bond acceptors (Lipinski definition) is 9. The first kappa shape index (κ1) is 36.4. The minimum absolute atomic E-state index is 0.00949. The average Bonchev–Trinajstić information content (AvgIpc) is 3.48. The zero-order valence-corrected chi connectivity index (χ0v) is 28.3. The van der Waals surface area contributed by atoms with Gasteiger partial charge in [0.15, 0.2) is 0 Å². The van der Waals surface area contributed by atoms with Crippen LogP contribution in [0.4, 0.5) is 14.9 Å². The first-order valence-electron chi connectivity index (χ1n) is 16.6. The van der Waals surface area contributed by atoms with E-state index in [1.807, 2.05) is 50.9 Å². The van der Waals surface area contributed by atoms with Crippen molar-refractivity contribution in [1.29, 1.82) is 0 Å². The number of methoxy groups -OCH3 is 1. The first-order valence-corrected chi connectivity index (χ1v) is 16.6. The van der Waals surface area contributed by atoms with E-state index in [4.69, 9.17) is 14.2 Å². The van der Waals surface area contributed by atoms with Crippen LogP contribution in [-0.2, 0) is 23.8 Å². The fourth-order valence-electron chi connectivity index (χ4n) is 6.35. The third-order valence-electron chi connectivity index (χ3n) is 9.20. The van der Waals surface area contributed by atoms with Crippen LogP contribution in [0.25, 0.3) is 6.08 Å². The van der Waals surface area contributed by atoms with Gasteiger partial charge in [-0.15, -0.1) is 0 Å². The lowest BCUT2D eigenvalue weighted by molar-refractivity contribution is -0.151. The number of aliphatic hydroxyl groups excluding tert-OH is 1. The van der Waals surface area contributed by atoms with Crippen molar-refractivity contribution < 1.29 is 38.1 Å². The summed E-state index contributed by atoms with van der Waals surface area (Å²) >= 11 is 0. The van der Waals surface area contributed by atoms with Crippen LogP contribution in [0.5, 0.6) is 0 Å². The average molecular weight is 659 g/mol. The minimum Gasteiger partial charge on any atom is -0.457 e. The number of carbonyl (C=O) groups is 3. The molecule has 1 aromatic rings. The third kappa shape index (κ3) is 10.8. The highest BCUT2D eigenvalue weighted by atomic mass is 19.1. The highest BCUT2D eigenvalue weighted by Gasteiger charge is 2.30. The molecule has 0 aromatic heterocycles. The number of benzene rings is 1. The van der Waals surface area contributed by atoms with Crippen LogP contribution < -0.4 is 10.2 Å². The van der Waals surface area contributed by atoms with Crippen molar-refractivity contribution in [3.8, 4) is 0 Å². The minimum atomic E-state index is -0.892. The van der Waals surface area contributed by atoms with E-state index in [0.29, 0.717) is 55.8 Å². The van der Waals surface area contributed by atoms with Gasteiger partial charge in [0, 0.05) is 64.0 Å². The molecular formula is C35H51FN4O7. The molecule has 12 heteroatoms. The van der Waals surface area contributed by atoms with Crippen LogP contribution in [-0.4, -0.2) is 117 Å². The predicted octanol–water partition coefficient (Wildman–Crippen LogP) is 3.61. The van der Waals surface area contributed by atoms with E-state index < -0.39 is 30.1 Å². The Hall–Kier alpha value is -3.48. The van der Waals surface area contributed by atoms with Crippen molar-refractivity contribution in [2.45, 2.75) is 70.8 Å². The number of likely N-dealkylation sites (N-methyl/N-ethyl adjacent to an activating group) is 1. The molecule has 0 radical (unpaired) electrons. The van der Waals surface area contributed by atoms with Crippen molar-refractivity contribution in [3.63, 3.8) is 0 Å². The Labute approximate surface area is 277 Å². The summed E-state index contributed by atoms with van der Waals surface area (Å²) in [4.78, 5) is 43.9. The Kier molecular flexibility index (Phi) is 13.2. The molecule has 0 spiro atoms. The Morgan fingerprint density at radius 1 is 1.09 bits per heavy atom. The second-order valence-corrected chi connectivity index (χ2v) is 13.3. The Bertz CT molecular complexity index is 1300. The molecule has 2 N–H and O–H groups in total. The quantitative estimate of drug-likeness (QED) is 0.335. The van der Waals surface area contributed by atoms with Gasteiger partial charge in [0.05, 0.1) is 12.5 Å². The molecule has 47 heavy (non-hydrogen) atoms. The number of rotatable bonds is 7. The van der Waals surface area contributed by atoms with Crippen LogP contribution in [0.1, 0.15) is 52.0 Å². The number of cyclic esters (lactones) is 1. The zero-order chi connectivity index (χ0) is 34.1. The lowest BCUT2D eigenvalue weighted by Crippen LogP contribution is -2.48. The number of anilines is 1. The molecule has 3 aliphatic heterocycles. The van der Waals surface area contributed by atoms with Gasteiger partial charge < -0.3 is 39.3 Å². The molecule has 1 aromatic carbocycles. The summed E-state index contributed by atoms with van der Waals surface area (Å²) in [5.41, 5.74) is 2.00. The zero-order valence-electron chi connectivity index (χ0n) is 28.3. The normalized spacial score (nSPS) is 29.0. The summed E-state index contributed by atoms with van der Waals surface area (Å²) in [7, 11) is 3.49. The van der Waals surface area contributed by atoms with Gasteiger partial charge in [0.2, 0.25) is 5.91 Å². The van der Waals surface area contributed by atoms with Gasteiger partial charge >= 0.3 is 12.1 Å². The van der Waals surface area contributed by atoms with E-state index in [0.717, 1.165) is 19.5 Å². The molecule has 0 aliphatic carbocycles. The molecule has 2 amide bonds. The van der Waals surface area contributed by atoms with Crippen LogP contribution in [0.2, 0.25) is 0 Å². The Morgan fingerprint density at radius 3 is 2.55 bits per heavy atom. The van der Waals surface area contributed by atoms with E-state index in [2.05, 4.69) is 10.2 Å². The standard InChI is InChI=1S/C35H51FN4O7/c1-23-6-8-30(41)20-33(43)47-34(24(2)7-9-31(23)46-35(44)39-14-12-38(4)13-15-39)25(3)16-26-17-27(36)19-29(18-26)40-11-10-28(21-40)37-32(42)22-45-5/h7,9,16-19,23-24,28,30-31,34,41H,6,8,10-15,20-22H2,1-5H3,(H,37,42)/b9-7+,25-16+/t23-,24+,28+,30+,31-,34+/m1/s1. The van der Waals surface area contributed by atoms with Gasteiger partial charge in [-0.25, -0.2) is 9.18 Å². The second-order valence-electron chi connectivity index (χ2n) is 13.3. The van der Waals surface area contributed by atoms with E-state index in [1.54, 1.807) is 11.0 Å². The maximum absolute atomic E-state index is 14.9. The van der Waals surface area contributed by atoms with E-state index in [9.17, 15) is 23.9 Å². The predicted molar refractivity (Wildman–Crippen MR) is 177 cm³/mol. The highest BCUT2D eigenvalue weighted by molar-refractivity contribution is 5.77. The third-order valence-corrected chi connectivity index (χ3v) is 9.20. The summed E-state index contributed by atoms with van der Waals surface area (Å²) in [6.45, 7) is 9.69. The van der Waals surface area contributed by atoms with Crippen molar-refractivity contribution in [3.05, 3.63) is 47.3 Å². The van der Waals surface area contributed by atoms with E-state index in [-0.39, 0.29) is 42.9 Å². The van der Waals surface area contributed by atoms with Crippen molar-refractivity contribution in [1.82, 2.24) is 15.1 Å². The molecule has 0 bridgehead atoms. The molecule has 11 nitrogen and oxygen atoms in total. The summed E-state index contributed by atoms with van der Waals surface area (Å²) in [6, 6.07) is 4.72. The monoisotopic (exact) mass is 658 g/mol. The number of hydrogen-bond donors (Lipinski definition) is 2. The summed E-state index contributed by atoms with van der Waals surface area (Å²) in [5, 5.41) is 13.6. The van der Waals surface area contributed by atoms with Gasteiger partial charge in [0.1, 0.15) is 24.6 Å². The molecule has 0 unspecified atom stereocenters. The van der Waals surface area contributed by atoms with Gasteiger partial charge in [0.25, 0.3) is 0 Å². The van der Waals surface area contributed by atoms with Crippen LogP contribution in [0.15, 0.2) is 35.9 Å². The lowest BCUT2D eigenvalue weighted by atomic mass is 9.91. The number of carbonyl (C=O) groups excluding carboxylic acids is 3.